The molecule has 0 fully saturated rings. The third-order valence-electron chi connectivity index (χ3n) is 4.78. The van der Waals surface area contributed by atoms with Gasteiger partial charge >= 0.3 is 6.18 Å². The standard InChI is InChI=1S/C18H22F3N5O/c1-22-16(26-11-7-13-5-3-4-6-14(13)26)24-9-8-17(27,18(19,20)21)15-23-10-12-25(15)2/h3-6,10,12,27H,7-9,11H2,1-2H3,(H,22,24). The molecule has 3 rings (SSSR count). The van der Waals surface area contributed by atoms with Crippen molar-refractivity contribution in [2.45, 2.75) is 24.6 Å². The van der Waals surface area contributed by atoms with E-state index in [4.69, 9.17) is 0 Å². The van der Waals surface area contributed by atoms with E-state index in [0.717, 1.165) is 12.1 Å². The quantitative estimate of drug-likeness (QED) is 0.630. The number of benzene rings is 1. The van der Waals surface area contributed by atoms with Crippen LogP contribution in [0.4, 0.5) is 18.9 Å². The Kier molecular flexibility index (Phi) is 5.14. The van der Waals surface area contributed by atoms with Crippen molar-refractivity contribution in [3.63, 3.8) is 0 Å². The number of nitrogens with zero attached hydrogens (tertiary/aromatic N) is 4. The fourth-order valence-electron chi connectivity index (χ4n) is 3.35. The predicted octanol–water partition coefficient (Wildman–Crippen LogP) is 2.20. The number of aromatic nitrogens is 2. The van der Waals surface area contributed by atoms with Crippen molar-refractivity contribution in [1.29, 1.82) is 0 Å². The van der Waals surface area contributed by atoms with Crippen molar-refractivity contribution < 1.29 is 18.3 Å². The second-order valence-electron chi connectivity index (χ2n) is 6.47. The predicted molar refractivity (Wildman–Crippen MR) is 96.6 cm³/mol. The molecule has 1 aromatic carbocycles. The van der Waals surface area contributed by atoms with E-state index in [-0.39, 0.29) is 6.54 Å². The molecular weight excluding hydrogens is 359 g/mol. The van der Waals surface area contributed by atoms with Crippen LogP contribution in [0.5, 0.6) is 0 Å². The van der Waals surface area contributed by atoms with Crippen LogP contribution in [-0.4, -0.2) is 46.9 Å². The van der Waals surface area contributed by atoms with Crippen molar-refractivity contribution in [3.05, 3.63) is 48.0 Å². The number of hydrogen-bond acceptors (Lipinski definition) is 3. The van der Waals surface area contributed by atoms with Crippen LogP contribution in [-0.2, 0) is 19.1 Å². The molecule has 146 valence electrons. The number of hydrogen-bond donors (Lipinski definition) is 2. The molecule has 0 radical (unpaired) electrons. The Bertz CT molecular complexity index is 832. The lowest BCUT2D eigenvalue weighted by molar-refractivity contribution is -0.272. The summed E-state index contributed by atoms with van der Waals surface area (Å²) in [6, 6.07) is 7.84. The number of fused-ring (bicyclic) bond motifs is 1. The van der Waals surface area contributed by atoms with Gasteiger partial charge in [0.15, 0.2) is 5.96 Å². The molecule has 9 heteroatoms. The molecule has 1 unspecified atom stereocenters. The Labute approximate surface area is 155 Å². The van der Waals surface area contributed by atoms with E-state index < -0.39 is 24.0 Å². The average Bonchev–Trinajstić information content (AvgIpc) is 3.24. The maximum absolute atomic E-state index is 13.6. The fourth-order valence-corrected chi connectivity index (χ4v) is 3.35. The van der Waals surface area contributed by atoms with Gasteiger partial charge in [-0.15, -0.1) is 0 Å². The third kappa shape index (κ3) is 3.51. The first-order valence-corrected chi connectivity index (χ1v) is 8.61. The molecule has 27 heavy (non-hydrogen) atoms. The fraction of sp³-hybridized carbons (Fsp3) is 0.444. The summed E-state index contributed by atoms with van der Waals surface area (Å²) in [4.78, 5) is 9.82. The second-order valence-corrected chi connectivity index (χ2v) is 6.47. The number of aliphatic imine (C=N–C) groups is 1. The molecule has 2 heterocycles. The van der Waals surface area contributed by atoms with E-state index in [9.17, 15) is 18.3 Å². The minimum atomic E-state index is -4.85. The molecule has 0 spiro atoms. The van der Waals surface area contributed by atoms with Gasteiger partial charge in [0.05, 0.1) is 0 Å². The summed E-state index contributed by atoms with van der Waals surface area (Å²) in [5.41, 5.74) is -0.888. The van der Waals surface area contributed by atoms with Crippen LogP contribution < -0.4 is 10.2 Å². The SMILES string of the molecule is CN=C(NCCC(O)(c1nccn1C)C(F)(F)F)N1CCc2ccccc21. The van der Waals surface area contributed by atoms with Crippen molar-refractivity contribution in [3.8, 4) is 0 Å². The van der Waals surface area contributed by atoms with Gasteiger partial charge in [-0.1, -0.05) is 18.2 Å². The van der Waals surface area contributed by atoms with Crippen molar-refractivity contribution in [2.75, 3.05) is 25.0 Å². The Morgan fingerprint density at radius 3 is 2.70 bits per heavy atom. The van der Waals surface area contributed by atoms with Gasteiger partial charge in [-0.3, -0.25) is 4.99 Å². The van der Waals surface area contributed by atoms with Crippen LogP contribution in [0.15, 0.2) is 41.7 Å². The highest BCUT2D eigenvalue weighted by Crippen LogP contribution is 2.40. The second kappa shape index (κ2) is 7.22. The molecule has 0 saturated carbocycles. The van der Waals surface area contributed by atoms with E-state index in [1.165, 1.54) is 29.6 Å². The Hall–Kier alpha value is -2.55. The van der Waals surface area contributed by atoms with Gasteiger partial charge < -0.3 is 19.9 Å². The zero-order valence-corrected chi connectivity index (χ0v) is 15.2. The number of halogens is 3. The number of imidazole rings is 1. The summed E-state index contributed by atoms with van der Waals surface area (Å²) < 4.78 is 41.9. The third-order valence-corrected chi connectivity index (χ3v) is 4.78. The summed E-state index contributed by atoms with van der Waals surface area (Å²) in [5, 5.41) is 13.3. The molecule has 0 saturated heterocycles. The van der Waals surface area contributed by atoms with Gasteiger partial charge in [-0.25, -0.2) is 4.98 Å². The van der Waals surface area contributed by atoms with E-state index in [0.29, 0.717) is 12.5 Å². The molecule has 1 atom stereocenters. The number of anilines is 1. The highest BCUT2D eigenvalue weighted by molar-refractivity contribution is 5.97. The normalized spacial score (nSPS) is 17.0. The summed E-state index contributed by atoms with van der Waals surface area (Å²) in [7, 11) is 3.00. The number of alkyl halides is 3. The Morgan fingerprint density at radius 2 is 2.07 bits per heavy atom. The monoisotopic (exact) mass is 381 g/mol. The van der Waals surface area contributed by atoms with Gasteiger partial charge in [0.2, 0.25) is 5.60 Å². The topological polar surface area (TPSA) is 65.7 Å². The number of aliphatic hydroxyl groups is 1. The van der Waals surface area contributed by atoms with Gasteiger partial charge in [-0.05, 0) is 18.1 Å². The minimum absolute atomic E-state index is 0.117. The molecule has 1 aliphatic heterocycles. The highest BCUT2D eigenvalue weighted by atomic mass is 19.4. The summed E-state index contributed by atoms with van der Waals surface area (Å²) >= 11 is 0. The van der Waals surface area contributed by atoms with Crippen LogP contribution in [0.3, 0.4) is 0 Å². The maximum atomic E-state index is 13.6. The first-order chi connectivity index (χ1) is 12.8. The number of nitrogens with one attached hydrogen (secondary N) is 1. The van der Waals surface area contributed by atoms with E-state index in [1.54, 1.807) is 7.05 Å². The zero-order chi connectivity index (χ0) is 19.7. The van der Waals surface area contributed by atoms with Gasteiger partial charge in [0.1, 0.15) is 5.82 Å². The van der Waals surface area contributed by atoms with Gasteiger partial charge in [0, 0.05) is 51.7 Å². The first-order valence-electron chi connectivity index (χ1n) is 8.61. The zero-order valence-electron chi connectivity index (χ0n) is 15.2. The number of guanidine groups is 1. The molecule has 2 aromatic rings. The molecule has 2 N–H and O–H groups in total. The van der Waals surface area contributed by atoms with Crippen LogP contribution in [0.25, 0.3) is 0 Å². The van der Waals surface area contributed by atoms with E-state index in [2.05, 4.69) is 15.3 Å². The number of aryl methyl sites for hydroxylation is 1. The minimum Gasteiger partial charge on any atom is -0.374 e. The Balaban J connectivity index is 1.73. The van der Waals surface area contributed by atoms with Crippen molar-refractivity contribution >= 4 is 11.6 Å². The smallest absolute Gasteiger partial charge is 0.374 e. The maximum Gasteiger partial charge on any atom is 0.424 e. The number of rotatable bonds is 4. The summed E-state index contributed by atoms with van der Waals surface area (Å²) in [5.74, 6) is 0.0441. The molecule has 0 amide bonds. The van der Waals surface area contributed by atoms with Crippen LogP contribution in [0, 0.1) is 0 Å². The molecule has 0 bridgehead atoms. The highest BCUT2D eigenvalue weighted by Gasteiger charge is 2.57. The lowest BCUT2D eigenvalue weighted by atomic mass is 9.97. The lowest BCUT2D eigenvalue weighted by Crippen LogP contribution is -2.48. The van der Waals surface area contributed by atoms with Crippen molar-refractivity contribution in [1.82, 2.24) is 14.9 Å². The van der Waals surface area contributed by atoms with Crippen LogP contribution in [0.2, 0.25) is 0 Å². The van der Waals surface area contributed by atoms with Crippen LogP contribution >= 0.6 is 0 Å². The van der Waals surface area contributed by atoms with E-state index in [1.807, 2.05) is 29.2 Å². The summed E-state index contributed by atoms with van der Waals surface area (Å²) in [6.07, 6.45) is -1.98. The van der Waals surface area contributed by atoms with E-state index >= 15 is 0 Å². The van der Waals surface area contributed by atoms with Gasteiger partial charge in [0.25, 0.3) is 0 Å². The van der Waals surface area contributed by atoms with Crippen LogP contribution in [0.1, 0.15) is 17.8 Å². The average molecular weight is 381 g/mol. The van der Waals surface area contributed by atoms with Crippen molar-refractivity contribution in [2.24, 2.45) is 12.0 Å². The molecular formula is C18H22F3N5O. The van der Waals surface area contributed by atoms with Gasteiger partial charge in [-0.2, -0.15) is 13.2 Å². The molecule has 0 aliphatic carbocycles. The largest absolute Gasteiger partial charge is 0.424 e. The first kappa shape index (κ1) is 19.2. The number of para-hydroxylation sites is 1. The lowest BCUT2D eigenvalue weighted by Gasteiger charge is -2.30. The molecule has 1 aliphatic rings. The Morgan fingerprint density at radius 1 is 1.33 bits per heavy atom. The molecule has 1 aromatic heterocycles. The summed E-state index contributed by atoms with van der Waals surface area (Å²) in [6.45, 7) is 0.579. The molecule has 6 nitrogen and oxygen atoms in total.